The fourth-order valence-corrected chi connectivity index (χ4v) is 2.74. The molecule has 1 aliphatic carbocycles. The highest BCUT2D eigenvalue weighted by atomic mass is 32.2. The average molecular weight is 365 g/mol. The van der Waals surface area contributed by atoms with Crippen LogP contribution in [0.3, 0.4) is 0 Å². The molecule has 2 amide bonds. The minimum Gasteiger partial charge on any atom is -0.337 e. The lowest BCUT2D eigenvalue weighted by Crippen LogP contribution is -2.36. The van der Waals surface area contributed by atoms with Crippen molar-refractivity contribution in [2.75, 3.05) is 7.05 Å². The molecule has 0 atom stereocenters. The molecule has 3 rings (SSSR count). The normalized spacial score (nSPS) is 14.3. The van der Waals surface area contributed by atoms with E-state index in [4.69, 9.17) is 9.66 Å². The second-order valence-corrected chi connectivity index (χ2v) is 7.59. The number of nitrogens with one attached hydrogen (secondary N) is 1. The summed E-state index contributed by atoms with van der Waals surface area (Å²) in [5, 5.41) is 11.7. The maximum absolute atomic E-state index is 12.1. The Labute approximate surface area is 145 Å². The molecule has 1 fully saturated rings. The summed E-state index contributed by atoms with van der Waals surface area (Å²) in [6, 6.07) is 5.69. The van der Waals surface area contributed by atoms with Crippen molar-refractivity contribution in [3.05, 3.63) is 41.5 Å². The van der Waals surface area contributed by atoms with Crippen LogP contribution in [0.1, 0.15) is 36.0 Å². The predicted molar refractivity (Wildman–Crippen MR) is 87.8 cm³/mol. The van der Waals surface area contributed by atoms with Crippen LogP contribution in [0, 0.1) is 0 Å². The third kappa shape index (κ3) is 4.54. The molecule has 1 aromatic heterocycles. The van der Waals surface area contributed by atoms with Crippen LogP contribution in [0.25, 0.3) is 0 Å². The third-order valence-corrected chi connectivity index (χ3v) is 4.77. The van der Waals surface area contributed by atoms with Crippen molar-refractivity contribution >= 4 is 16.1 Å². The molecule has 1 heterocycles. The van der Waals surface area contributed by atoms with Crippen molar-refractivity contribution in [2.45, 2.75) is 36.7 Å². The van der Waals surface area contributed by atoms with E-state index < -0.39 is 10.0 Å². The fourth-order valence-electron chi connectivity index (χ4n) is 2.22. The molecule has 1 saturated carbocycles. The molecule has 134 valence electrons. The van der Waals surface area contributed by atoms with E-state index in [0.29, 0.717) is 17.6 Å². The maximum atomic E-state index is 12.1. The summed E-state index contributed by atoms with van der Waals surface area (Å²) in [4.78, 5) is 17.9. The molecule has 1 aliphatic rings. The van der Waals surface area contributed by atoms with E-state index in [2.05, 4.69) is 15.5 Å². The predicted octanol–water partition coefficient (Wildman–Crippen LogP) is 0.936. The van der Waals surface area contributed by atoms with Crippen molar-refractivity contribution in [3.8, 4) is 0 Å². The number of carbonyl (C=O) groups is 1. The zero-order valence-corrected chi connectivity index (χ0v) is 14.5. The summed E-state index contributed by atoms with van der Waals surface area (Å²) >= 11 is 0. The number of amides is 2. The van der Waals surface area contributed by atoms with Crippen molar-refractivity contribution in [1.29, 1.82) is 0 Å². The van der Waals surface area contributed by atoms with Gasteiger partial charge in [0.05, 0.1) is 4.90 Å². The summed E-state index contributed by atoms with van der Waals surface area (Å²) in [6.07, 6.45) is 2.17. The lowest BCUT2D eigenvalue weighted by Gasteiger charge is -2.15. The van der Waals surface area contributed by atoms with Crippen LogP contribution in [0.2, 0.25) is 0 Å². The van der Waals surface area contributed by atoms with Crippen LogP contribution in [0.5, 0.6) is 0 Å². The van der Waals surface area contributed by atoms with E-state index in [0.717, 1.165) is 18.4 Å². The van der Waals surface area contributed by atoms with Gasteiger partial charge in [-0.3, -0.25) is 0 Å². The molecule has 0 saturated heterocycles. The molecule has 2 aromatic rings. The van der Waals surface area contributed by atoms with Gasteiger partial charge in [-0.25, -0.2) is 18.4 Å². The number of hydrogen-bond acceptors (Lipinski definition) is 6. The van der Waals surface area contributed by atoms with Crippen molar-refractivity contribution in [1.82, 2.24) is 20.4 Å². The zero-order valence-electron chi connectivity index (χ0n) is 13.7. The molecule has 0 spiro atoms. The quantitative estimate of drug-likeness (QED) is 0.783. The Morgan fingerprint density at radius 1 is 1.36 bits per heavy atom. The summed E-state index contributed by atoms with van der Waals surface area (Å²) in [5.74, 6) is 1.51. The van der Waals surface area contributed by atoms with Gasteiger partial charge in [0, 0.05) is 19.5 Å². The summed E-state index contributed by atoms with van der Waals surface area (Å²) < 4.78 is 27.5. The third-order valence-electron chi connectivity index (χ3n) is 3.84. The molecule has 1 aromatic carbocycles. The second kappa shape index (κ2) is 6.81. The lowest BCUT2D eigenvalue weighted by molar-refractivity contribution is 0.199. The number of urea groups is 1. The standard InChI is InChI=1S/C15H19N5O4S/c1-20(9-13-18-14(19-24-13)11-4-5-11)15(21)17-8-10-2-6-12(7-3-10)25(16,22)23/h2-3,6-7,11H,4-5,8-9H2,1H3,(H,17,21)(H2,16,22,23). The molecule has 10 heteroatoms. The van der Waals surface area contributed by atoms with Crippen LogP contribution in [0.4, 0.5) is 4.79 Å². The Bertz CT molecular complexity index is 858. The Hall–Kier alpha value is -2.46. The average Bonchev–Trinajstić information content (AvgIpc) is 3.32. The Balaban J connectivity index is 1.50. The molecule has 0 radical (unpaired) electrons. The molecule has 0 aliphatic heterocycles. The molecular weight excluding hydrogens is 346 g/mol. The Morgan fingerprint density at radius 2 is 2.04 bits per heavy atom. The van der Waals surface area contributed by atoms with Gasteiger partial charge in [0.25, 0.3) is 0 Å². The Kier molecular flexibility index (Phi) is 4.73. The number of primary sulfonamides is 1. The number of nitrogens with zero attached hydrogens (tertiary/aromatic N) is 3. The lowest BCUT2D eigenvalue weighted by atomic mass is 10.2. The first-order chi connectivity index (χ1) is 11.8. The number of nitrogens with two attached hydrogens (primary N) is 1. The van der Waals surface area contributed by atoms with E-state index >= 15 is 0 Å². The SMILES string of the molecule is CN(Cc1nc(C2CC2)no1)C(=O)NCc1ccc(S(N)(=O)=O)cc1. The first-order valence-corrected chi connectivity index (χ1v) is 9.31. The van der Waals surface area contributed by atoms with Gasteiger partial charge in [-0.15, -0.1) is 0 Å². The van der Waals surface area contributed by atoms with Crippen LogP contribution < -0.4 is 10.5 Å². The summed E-state index contributed by atoms with van der Waals surface area (Å²) in [6.45, 7) is 0.473. The number of rotatable bonds is 6. The second-order valence-electron chi connectivity index (χ2n) is 6.02. The summed E-state index contributed by atoms with van der Waals surface area (Å²) in [7, 11) is -2.09. The summed E-state index contributed by atoms with van der Waals surface area (Å²) in [5.41, 5.74) is 0.753. The highest BCUT2D eigenvalue weighted by molar-refractivity contribution is 7.89. The maximum Gasteiger partial charge on any atom is 0.317 e. The number of hydrogen-bond donors (Lipinski definition) is 2. The van der Waals surface area contributed by atoms with Gasteiger partial charge in [-0.1, -0.05) is 17.3 Å². The van der Waals surface area contributed by atoms with Gasteiger partial charge in [0.2, 0.25) is 15.9 Å². The minimum atomic E-state index is -3.72. The molecule has 0 bridgehead atoms. The van der Waals surface area contributed by atoms with Crippen molar-refractivity contribution < 1.29 is 17.7 Å². The first-order valence-electron chi connectivity index (χ1n) is 7.76. The monoisotopic (exact) mass is 365 g/mol. The molecular formula is C15H19N5O4S. The van der Waals surface area contributed by atoms with E-state index in [1.54, 1.807) is 19.2 Å². The van der Waals surface area contributed by atoms with E-state index in [1.165, 1.54) is 17.0 Å². The van der Waals surface area contributed by atoms with Gasteiger partial charge >= 0.3 is 6.03 Å². The van der Waals surface area contributed by atoms with Crippen LogP contribution in [-0.4, -0.2) is 36.5 Å². The largest absolute Gasteiger partial charge is 0.337 e. The number of carbonyl (C=O) groups excluding carboxylic acids is 1. The van der Waals surface area contributed by atoms with Gasteiger partial charge in [-0.05, 0) is 30.5 Å². The molecule has 3 N–H and O–H groups in total. The van der Waals surface area contributed by atoms with Crippen LogP contribution in [0.15, 0.2) is 33.7 Å². The van der Waals surface area contributed by atoms with Crippen molar-refractivity contribution in [2.24, 2.45) is 5.14 Å². The number of aromatic nitrogens is 2. The number of sulfonamides is 1. The number of benzene rings is 1. The van der Waals surface area contributed by atoms with Gasteiger partial charge in [0.1, 0.15) is 6.54 Å². The van der Waals surface area contributed by atoms with Gasteiger partial charge in [0.15, 0.2) is 5.82 Å². The first kappa shape index (κ1) is 17.4. The van der Waals surface area contributed by atoms with Gasteiger partial charge in [-0.2, -0.15) is 4.98 Å². The topological polar surface area (TPSA) is 131 Å². The van der Waals surface area contributed by atoms with E-state index in [1.807, 2.05) is 0 Å². The van der Waals surface area contributed by atoms with E-state index in [9.17, 15) is 13.2 Å². The van der Waals surface area contributed by atoms with E-state index in [-0.39, 0.29) is 24.0 Å². The van der Waals surface area contributed by atoms with Gasteiger partial charge < -0.3 is 14.7 Å². The Morgan fingerprint density at radius 3 is 2.64 bits per heavy atom. The molecule has 9 nitrogen and oxygen atoms in total. The molecule has 25 heavy (non-hydrogen) atoms. The van der Waals surface area contributed by atoms with Crippen LogP contribution >= 0.6 is 0 Å². The highest BCUT2D eigenvalue weighted by Crippen LogP contribution is 2.38. The smallest absolute Gasteiger partial charge is 0.317 e. The minimum absolute atomic E-state index is 0.0301. The van der Waals surface area contributed by atoms with Crippen molar-refractivity contribution in [3.63, 3.8) is 0 Å². The zero-order chi connectivity index (χ0) is 18.0. The molecule has 0 unspecified atom stereocenters. The highest BCUT2D eigenvalue weighted by Gasteiger charge is 2.29. The van der Waals surface area contributed by atoms with Crippen LogP contribution in [-0.2, 0) is 23.1 Å². The fraction of sp³-hybridized carbons (Fsp3) is 0.400.